The van der Waals surface area contributed by atoms with E-state index in [1.807, 2.05) is 48.5 Å². The smallest absolute Gasteiger partial charge is 0.0875 e. The number of H-pyrrole nitrogens is 4. The highest BCUT2D eigenvalue weighted by atomic mass is 35.5. The first-order valence-electron chi connectivity index (χ1n) is 8.40. The zero-order valence-corrected chi connectivity index (χ0v) is 17.2. The summed E-state index contributed by atoms with van der Waals surface area (Å²) >= 11 is 26.3. The van der Waals surface area contributed by atoms with Crippen LogP contribution >= 0.6 is 46.4 Å². The lowest BCUT2D eigenvalue weighted by molar-refractivity contribution is 1.22. The molecule has 4 N–H and O–H groups in total. The number of hydrogen-bond donors (Lipinski definition) is 4. The average Bonchev–Trinajstić information content (AvgIpc) is 3.49. The van der Waals surface area contributed by atoms with E-state index in [0.29, 0.717) is 20.1 Å². The highest BCUT2D eigenvalue weighted by Crippen LogP contribution is 2.22. The summed E-state index contributed by atoms with van der Waals surface area (Å²) in [4.78, 5) is 13.0. The van der Waals surface area contributed by atoms with Crippen LogP contribution in [-0.4, -0.2) is 19.9 Å². The van der Waals surface area contributed by atoms with Crippen LogP contribution < -0.4 is 21.4 Å². The molecule has 0 spiro atoms. The molecule has 0 atom stereocenters. The van der Waals surface area contributed by atoms with Gasteiger partial charge in [0.2, 0.25) is 0 Å². The maximum atomic E-state index is 6.58. The molecule has 0 fully saturated rings. The van der Waals surface area contributed by atoms with Crippen molar-refractivity contribution in [2.75, 3.05) is 0 Å². The van der Waals surface area contributed by atoms with E-state index >= 15 is 0 Å². The van der Waals surface area contributed by atoms with Gasteiger partial charge in [0, 0.05) is 0 Å². The summed E-state index contributed by atoms with van der Waals surface area (Å²) in [6, 6.07) is 15.0. The van der Waals surface area contributed by atoms with E-state index in [1.54, 1.807) is 0 Å². The minimum Gasteiger partial charge on any atom is -0.353 e. The summed E-state index contributed by atoms with van der Waals surface area (Å²) in [5.74, 6) is 0. The van der Waals surface area contributed by atoms with Crippen molar-refractivity contribution in [3.8, 4) is 0 Å². The Hall–Kier alpha value is -2.24. The van der Waals surface area contributed by atoms with Gasteiger partial charge in [-0.2, -0.15) is 0 Å². The van der Waals surface area contributed by atoms with Crippen molar-refractivity contribution in [2.45, 2.75) is 0 Å². The van der Waals surface area contributed by atoms with Crippen molar-refractivity contribution in [3.63, 3.8) is 0 Å². The van der Waals surface area contributed by atoms with Gasteiger partial charge in [-0.15, -0.1) is 0 Å². The molecule has 4 aromatic heterocycles. The third-order valence-corrected chi connectivity index (χ3v) is 6.26. The summed E-state index contributed by atoms with van der Waals surface area (Å²) in [6.45, 7) is 0. The van der Waals surface area contributed by atoms with Crippen molar-refractivity contribution in [3.05, 3.63) is 92.7 Å². The fraction of sp³-hybridized carbons (Fsp3) is 0. The third kappa shape index (κ3) is 2.85. The number of halogens is 4. The number of aromatic amines is 4. The topological polar surface area (TPSA) is 63.2 Å². The first-order chi connectivity index (χ1) is 13.5. The maximum Gasteiger partial charge on any atom is 0.0875 e. The van der Waals surface area contributed by atoms with E-state index in [4.69, 9.17) is 46.4 Å². The molecule has 0 saturated heterocycles. The van der Waals surface area contributed by atoms with Crippen LogP contribution in [-0.2, 0) is 0 Å². The van der Waals surface area contributed by atoms with E-state index in [-0.39, 0.29) is 0 Å². The zero-order chi connectivity index (χ0) is 19.4. The summed E-state index contributed by atoms with van der Waals surface area (Å²) in [5.41, 5.74) is 2.96. The van der Waals surface area contributed by atoms with Crippen LogP contribution in [0, 0.1) is 0 Å². The van der Waals surface area contributed by atoms with Crippen molar-refractivity contribution in [1.82, 2.24) is 19.9 Å². The Morgan fingerprint density at radius 1 is 0.357 bits per heavy atom. The fourth-order valence-electron chi connectivity index (χ4n) is 3.18. The number of hydrogen-bond acceptors (Lipinski definition) is 0. The second kappa shape index (κ2) is 6.68. The van der Waals surface area contributed by atoms with Gasteiger partial charge >= 0.3 is 0 Å². The van der Waals surface area contributed by atoms with Gasteiger partial charge in [-0.3, -0.25) is 0 Å². The predicted octanol–water partition coefficient (Wildman–Crippen LogP) is 2.89. The van der Waals surface area contributed by atoms with Gasteiger partial charge in [-0.25, -0.2) is 0 Å². The highest BCUT2D eigenvalue weighted by molar-refractivity contribution is 6.50. The molecule has 5 rings (SSSR count). The molecule has 4 nitrogen and oxygen atoms in total. The first kappa shape index (κ1) is 17.8. The van der Waals surface area contributed by atoms with Crippen LogP contribution in [0.3, 0.4) is 0 Å². The zero-order valence-electron chi connectivity index (χ0n) is 14.1. The van der Waals surface area contributed by atoms with E-state index in [9.17, 15) is 0 Å². The van der Waals surface area contributed by atoms with Crippen molar-refractivity contribution < 1.29 is 0 Å². The Bertz CT molecular complexity index is 1250. The number of nitrogens with one attached hydrogen (secondary N) is 4. The molecule has 1 aliphatic heterocycles. The molecule has 1 aliphatic rings. The molecule has 0 radical (unpaired) electrons. The van der Waals surface area contributed by atoms with Crippen LogP contribution in [0.1, 0.15) is 22.8 Å². The predicted molar refractivity (Wildman–Crippen MR) is 115 cm³/mol. The molecule has 0 amide bonds. The minimum atomic E-state index is 0.536. The monoisotopic (exact) mass is 448 g/mol. The van der Waals surface area contributed by atoms with Crippen LogP contribution in [0.25, 0.3) is 20.1 Å². The van der Waals surface area contributed by atoms with Gasteiger partial charge in [-0.05, 0) is 48.5 Å². The fourth-order valence-corrected chi connectivity index (χ4v) is 4.07. The van der Waals surface area contributed by atoms with Crippen LogP contribution in [0.4, 0.5) is 0 Å². The van der Waals surface area contributed by atoms with Gasteiger partial charge in [-0.1, -0.05) is 46.4 Å². The van der Waals surface area contributed by atoms with Crippen molar-refractivity contribution in [1.29, 1.82) is 0 Å². The van der Waals surface area contributed by atoms with Crippen molar-refractivity contribution >= 4 is 66.5 Å². The molecule has 8 bridgehead atoms. The average molecular weight is 450 g/mol. The minimum absolute atomic E-state index is 0.536. The lowest BCUT2D eigenvalue weighted by atomic mass is 10.3. The first-order valence-corrected chi connectivity index (χ1v) is 9.91. The van der Waals surface area contributed by atoms with Gasteiger partial charge < -0.3 is 19.9 Å². The normalized spacial score (nSPS) is 14.1. The molecular formula is C20H12Cl4N4. The molecule has 4 aromatic rings. The van der Waals surface area contributed by atoms with Gasteiger partial charge in [0.05, 0.1) is 64.3 Å². The maximum absolute atomic E-state index is 6.58. The largest absolute Gasteiger partial charge is 0.353 e. The van der Waals surface area contributed by atoms with E-state index in [1.165, 1.54) is 0 Å². The Kier molecular flexibility index (Phi) is 4.25. The summed E-state index contributed by atoms with van der Waals surface area (Å²) in [7, 11) is 0. The van der Waals surface area contributed by atoms with E-state index in [0.717, 1.165) is 44.2 Å². The Morgan fingerprint density at radius 2 is 0.607 bits per heavy atom. The van der Waals surface area contributed by atoms with Gasteiger partial charge in [0.15, 0.2) is 0 Å². The van der Waals surface area contributed by atoms with Crippen LogP contribution in [0.5, 0.6) is 0 Å². The summed E-state index contributed by atoms with van der Waals surface area (Å²) < 4.78 is 0. The Morgan fingerprint density at radius 3 is 0.857 bits per heavy atom. The number of aromatic nitrogens is 4. The summed E-state index contributed by atoms with van der Waals surface area (Å²) in [6.07, 6.45) is 0. The standard InChI is InChI=1S/C20H12Cl4N4/c21-17-9-1-2-10(25-9)18(22)12-5-6-14(27-12)20(24)16-8-7-15(28-16)19(23)13-4-3-11(17)26-13/h1-8,25-28H. The van der Waals surface area contributed by atoms with Crippen LogP contribution in [0.2, 0.25) is 0 Å². The second-order valence-electron chi connectivity index (χ2n) is 6.40. The molecule has 140 valence electrons. The molecule has 0 aromatic carbocycles. The Labute approximate surface area is 178 Å². The molecule has 0 aliphatic carbocycles. The van der Waals surface area contributed by atoms with Gasteiger partial charge in [0.25, 0.3) is 0 Å². The highest BCUT2D eigenvalue weighted by Gasteiger charge is 2.11. The lowest BCUT2D eigenvalue weighted by Gasteiger charge is -1.98. The number of fused-ring (bicyclic) bond motifs is 8. The Balaban J connectivity index is 1.90. The summed E-state index contributed by atoms with van der Waals surface area (Å²) in [5, 5.41) is 5.11. The quantitative estimate of drug-likeness (QED) is 0.319. The molecule has 5 heterocycles. The SMILES string of the molecule is ClC1=c2ccc([nH]2)=C(Cl)c2ccc([nH]2)C(Cl)=c2ccc([nH]2)=C(Cl)c2ccc1[nH]2. The lowest BCUT2D eigenvalue weighted by Crippen LogP contribution is -2.14. The second-order valence-corrected chi connectivity index (χ2v) is 7.91. The molecular weight excluding hydrogens is 438 g/mol. The molecule has 0 unspecified atom stereocenters. The van der Waals surface area contributed by atoms with E-state index in [2.05, 4.69) is 19.9 Å². The van der Waals surface area contributed by atoms with Crippen molar-refractivity contribution in [2.24, 2.45) is 0 Å². The molecule has 0 saturated carbocycles. The molecule has 28 heavy (non-hydrogen) atoms. The third-order valence-electron chi connectivity index (χ3n) is 4.64. The van der Waals surface area contributed by atoms with E-state index < -0.39 is 0 Å². The number of rotatable bonds is 0. The van der Waals surface area contributed by atoms with Gasteiger partial charge in [0.1, 0.15) is 0 Å². The van der Waals surface area contributed by atoms with Crippen LogP contribution in [0.15, 0.2) is 48.5 Å². The molecule has 8 heteroatoms.